The minimum atomic E-state index is 0. The van der Waals surface area contributed by atoms with Gasteiger partial charge in [-0.05, 0) is 41.5 Å². The Balaban J connectivity index is 0. The first-order valence-electron chi connectivity index (χ1n) is 7.81. The van der Waals surface area contributed by atoms with Crippen molar-refractivity contribution in [3.05, 3.63) is 0 Å². The van der Waals surface area contributed by atoms with Crippen molar-refractivity contribution in [2.75, 3.05) is 45.9 Å². The van der Waals surface area contributed by atoms with Gasteiger partial charge in [-0.25, -0.2) is 0 Å². The Labute approximate surface area is 120 Å². The minimum absolute atomic E-state index is 0. The van der Waals surface area contributed by atoms with Gasteiger partial charge in [0.2, 0.25) is 0 Å². The van der Waals surface area contributed by atoms with Gasteiger partial charge in [0.05, 0.1) is 39.3 Å². The lowest BCUT2D eigenvalue weighted by molar-refractivity contribution is -0.531. The van der Waals surface area contributed by atoms with Gasteiger partial charge in [0, 0.05) is 0 Å². The lowest BCUT2D eigenvalue weighted by Gasteiger charge is -2.27. The van der Waals surface area contributed by atoms with E-state index >= 15 is 0 Å². The second-order valence-corrected chi connectivity index (χ2v) is 4.11. The summed E-state index contributed by atoms with van der Waals surface area (Å²) in [5, 5.41) is 8.93. The molecule has 0 spiro atoms. The number of rotatable bonds is 6. The van der Waals surface area contributed by atoms with E-state index in [-0.39, 0.29) is 6.61 Å². The Morgan fingerprint density at radius 3 is 1.16 bits per heavy atom. The maximum absolute atomic E-state index is 8.93. The van der Waals surface area contributed by atoms with E-state index in [0.717, 1.165) is 39.3 Å². The van der Waals surface area contributed by atoms with Gasteiger partial charge in [0.25, 0.3) is 0 Å². The third-order valence-electron chi connectivity index (χ3n) is 3.14. The molecule has 0 aromatic heterocycles. The summed E-state index contributed by atoms with van der Waals surface area (Å²) < 4.78 is 2.46. The Kier molecular flexibility index (Phi) is 14.8. The molecule has 0 atom stereocenters. The summed E-state index contributed by atoms with van der Waals surface area (Å²) in [6.07, 6.45) is 0. The van der Waals surface area contributed by atoms with Gasteiger partial charge >= 0.3 is 5.96 Å². The summed E-state index contributed by atoms with van der Waals surface area (Å²) in [5.41, 5.74) is 0. The van der Waals surface area contributed by atoms with Crippen LogP contribution in [-0.4, -0.2) is 66.2 Å². The van der Waals surface area contributed by atoms with Gasteiger partial charge < -0.3 is 5.11 Å². The van der Waals surface area contributed by atoms with Gasteiger partial charge in [0.1, 0.15) is 0 Å². The van der Waals surface area contributed by atoms with Crippen LogP contribution in [0.4, 0.5) is 0 Å². The maximum atomic E-state index is 8.93. The average Bonchev–Trinajstić information content (AvgIpc) is 2.43. The highest BCUT2D eigenvalue weighted by Crippen LogP contribution is 2.00. The Hall–Kier alpha value is -0.770. The van der Waals surface area contributed by atoms with Crippen molar-refractivity contribution < 1.29 is 9.68 Å². The van der Waals surface area contributed by atoms with E-state index in [0.29, 0.717) is 0 Å². The van der Waals surface area contributed by atoms with Crippen molar-refractivity contribution in [2.45, 2.75) is 48.5 Å². The highest BCUT2D eigenvalue weighted by molar-refractivity contribution is 5.75. The van der Waals surface area contributed by atoms with Crippen molar-refractivity contribution in [2.24, 2.45) is 0 Å². The van der Waals surface area contributed by atoms with Gasteiger partial charge in [-0.15, -0.1) is 6.61 Å². The molecule has 4 heteroatoms. The second kappa shape index (κ2) is 13.7. The zero-order chi connectivity index (χ0) is 15.3. The van der Waals surface area contributed by atoms with E-state index in [1.54, 1.807) is 6.92 Å². The van der Waals surface area contributed by atoms with Crippen LogP contribution in [0.2, 0.25) is 0 Å². The number of guanidine groups is 1. The maximum Gasteiger partial charge on any atom is 0.350 e. The van der Waals surface area contributed by atoms with Crippen LogP contribution in [0.3, 0.4) is 0 Å². The number of hydrogen-bond donors (Lipinski definition) is 0. The topological polar surface area (TPSA) is 32.5 Å². The second-order valence-electron chi connectivity index (χ2n) is 4.11. The fourth-order valence-electron chi connectivity index (χ4n) is 2.12. The molecule has 0 unspecified atom stereocenters. The summed E-state index contributed by atoms with van der Waals surface area (Å²) >= 11 is 0. The molecule has 0 N–H and O–H groups in total. The Bertz CT molecular complexity index is 201. The summed E-state index contributed by atoms with van der Waals surface area (Å²) in [5.74, 6) is 1.40. The van der Waals surface area contributed by atoms with Crippen molar-refractivity contribution in [1.29, 1.82) is 0 Å². The molecule has 0 saturated heterocycles. The van der Waals surface area contributed by atoms with Crippen molar-refractivity contribution in [3.63, 3.8) is 0 Å². The van der Waals surface area contributed by atoms with Crippen LogP contribution >= 0.6 is 0 Å². The predicted molar refractivity (Wildman–Crippen MR) is 82.7 cm³/mol. The molecular formula is C15H35N3O. The Morgan fingerprint density at radius 1 is 0.737 bits per heavy atom. The molecule has 0 rings (SSSR count). The summed E-state index contributed by atoms with van der Waals surface area (Å²) in [6, 6.07) is 0. The van der Waals surface area contributed by atoms with E-state index in [1.807, 2.05) is 0 Å². The van der Waals surface area contributed by atoms with E-state index < -0.39 is 0 Å². The fraction of sp³-hybridized carbons (Fsp3) is 0.933. The van der Waals surface area contributed by atoms with Gasteiger partial charge in [0.15, 0.2) is 0 Å². The molecule has 4 nitrogen and oxygen atoms in total. The molecule has 0 aliphatic heterocycles. The largest absolute Gasteiger partial charge is 0.855 e. The molecule has 116 valence electrons. The molecule has 0 radical (unpaired) electrons. The summed E-state index contributed by atoms with van der Waals surface area (Å²) in [6.45, 7) is 21.5. The van der Waals surface area contributed by atoms with Crippen LogP contribution in [0.15, 0.2) is 0 Å². The van der Waals surface area contributed by atoms with Crippen LogP contribution in [0.1, 0.15) is 48.5 Å². The van der Waals surface area contributed by atoms with Crippen molar-refractivity contribution >= 4 is 5.96 Å². The SMILES string of the molecule is CCN(CC)C(N(CC)CC)=[N+](CC)CC.CC[O-]. The monoisotopic (exact) mass is 273 g/mol. The molecule has 0 heterocycles. The van der Waals surface area contributed by atoms with Crippen molar-refractivity contribution in [1.82, 2.24) is 9.80 Å². The van der Waals surface area contributed by atoms with Crippen LogP contribution in [0, 0.1) is 0 Å². The number of nitrogens with zero attached hydrogens (tertiary/aromatic N) is 3. The summed E-state index contributed by atoms with van der Waals surface area (Å²) in [7, 11) is 0. The van der Waals surface area contributed by atoms with E-state index in [9.17, 15) is 0 Å². The third-order valence-corrected chi connectivity index (χ3v) is 3.14. The summed E-state index contributed by atoms with van der Waals surface area (Å²) in [4.78, 5) is 4.92. The highest BCUT2D eigenvalue weighted by Gasteiger charge is 2.24. The molecule has 0 bridgehead atoms. The van der Waals surface area contributed by atoms with Crippen molar-refractivity contribution in [3.8, 4) is 0 Å². The van der Waals surface area contributed by atoms with Crippen LogP contribution in [0.25, 0.3) is 0 Å². The molecule has 0 aromatic rings. The average molecular weight is 273 g/mol. The molecule has 0 aromatic carbocycles. The standard InChI is InChI=1S/C13H30N3.C2H5O/c1-7-14(8-2)13(15(9-3)10-4)16(11-5)12-6;1-2-3/h7-12H2,1-6H3;2H2,1H3/q+1;-1. The Morgan fingerprint density at radius 2 is 1.00 bits per heavy atom. The number of hydrogen-bond acceptors (Lipinski definition) is 1. The first kappa shape index (κ1) is 20.5. The van der Waals surface area contributed by atoms with E-state index in [2.05, 4.69) is 55.9 Å². The first-order valence-corrected chi connectivity index (χ1v) is 7.81. The molecule has 0 fully saturated rings. The van der Waals surface area contributed by atoms with Gasteiger partial charge in [-0.1, -0.05) is 6.92 Å². The van der Waals surface area contributed by atoms with Crippen LogP contribution < -0.4 is 5.11 Å². The van der Waals surface area contributed by atoms with E-state index in [1.165, 1.54) is 5.96 Å². The zero-order valence-electron chi connectivity index (χ0n) is 14.2. The lowest BCUT2D eigenvalue weighted by atomic mass is 10.4. The minimum Gasteiger partial charge on any atom is -0.855 e. The first-order chi connectivity index (χ1) is 9.11. The normalized spacial score (nSPS) is 9.47. The van der Waals surface area contributed by atoms with E-state index in [4.69, 9.17) is 5.11 Å². The molecular weight excluding hydrogens is 238 g/mol. The van der Waals surface area contributed by atoms with Gasteiger partial charge in [-0.3, -0.25) is 14.4 Å². The van der Waals surface area contributed by atoms with Gasteiger partial charge in [-0.2, -0.15) is 0 Å². The molecule has 19 heavy (non-hydrogen) atoms. The van der Waals surface area contributed by atoms with Crippen LogP contribution in [0.5, 0.6) is 0 Å². The fourth-order valence-corrected chi connectivity index (χ4v) is 2.12. The molecule has 0 saturated carbocycles. The predicted octanol–water partition coefficient (Wildman–Crippen LogP) is 1.44. The molecule has 0 amide bonds. The zero-order valence-corrected chi connectivity index (χ0v) is 14.2. The molecule has 0 aliphatic carbocycles. The lowest BCUT2D eigenvalue weighted by Crippen LogP contribution is -2.49. The highest BCUT2D eigenvalue weighted by atomic mass is 16.2. The third kappa shape index (κ3) is 7.41. The van der Waals surface area contributed by atoms with Crippen LogP contribution in [-0.2, 0) is 0 Å². The quantitative estimate of drug-likeness (QED) is 0.417. The smallest absolute Gasteiger partial charge is 0.350 e. The molecule has 0 aliphatic rings.